The maximum Gasteiger partial charge on any atom is 0.290 e. The number of ether oxygens (including phenoxy) is 1. The summed E-state index contributed by atoms with van der Waals surface area (Å²) in [5, 5.41) is 6.89. The van der Waals surface area contributed by atoms with Crippen LogP contribution in [0.5, 0.6) is 0 Å². The van der Waals surface area contributed by atoms with Gasteiger partial charge in [-0.3, -0.25) is 14.4 Å². The average molecular weight is 350 g/mol. The van der Waals surface area contributed by atoms with Crippen LogP contribution in [-0.2, 0) is 14.3 Å². The van der Waals surface area contributed by atoms with Gasteiger partial charge in [0.25, 0.3) is 12.4 Å². The van der Waals surface area contributed by atoms with Crippen molar-refractivity contribution in [2.24, 2.45) is 0 Å². The van der Waals surface area contributed by atoms with Gasteiger partial charge in [-0.05, 0) is 30.7 Å². The van der Waals surface area contributed by atoms with Gasteiger partial charge >= 0.3 is 0 Å². The smallest absolute Gasteiger partial charge is 0.290 e. The Kier molecular flexibility index (Phi) is 4.47. The number of hydrogen-bond acceptors (Lipinski definition) is 4. The van der Waals surface area contributed by atoms with Crippen LogP contribution in [-0.4, -0.2) is 64.7 Å². The summed E-state index contributed by atoms with van der Waals surface area (Å²) in [5.74, 6) is -0.450. The molecule has 0 aromatic heterocycles. The third kappa shape index (κ3) is 2.66. The van der Waals surface area contributed by atoms with Crippen LogP contribution in [0.15, 0.2) is 18.2 Å². The van der Waals surface area contributed by atoms with Crippen molar-refractivity contribution in [3.63, 3.8) is 0 Å². The van der Waals surface area contributed by atoms with Crippen molar-refractivity contribution < 1.29 is 28.6 Å². The number of aryl methyl sites for hydroxylation is 1. The van der Waals surface area contributed by atoms with Crippen LogP contribution in [0.2, 0.25) is 0 Å². The Morgan fingerprint density at radius 1 is 1.44 bits per heavy atom. The summed E-state index contributed by atoms with van der Waals surface area (Å²) in [6.45, 7) is 3.16. The fourth-order valence-corrected chi connectivity index (χ4v) is 4.06. The molecule has 1 aromatic rings. The standard InChI is InChI=1S/C16H17FN2O3.CH2O2/c1-10-8-11(17)2-3-12(10)15(21)18-5-4-16-13(18)9-14(20)19(16)6-7-22-16;2-1-3/h2-3,8,13H,4-7,9H2,1H3;1H,(H,2,3)/t13-,16+;/m1./s1. The van der Waals surface area contributed by atoms with Gasteiger partial charge in [0.1, 0.15) is 5.82 Å². The summed E-state index contributed by atoms with van der Waals surface area (Å²) in [6, 6.07) is 3.93. The van der Waals surface area contributed by atoms with E-state index in [1.807, 2.05) is 0 Å². The van der Waals surface area contributed by atoms with Gasteiger partial charge in [0, 0.05) is 25.1 Å². The van der Waals surface area contributed by atoms with Crippen LogP contribution in [0.4, 0.5) is 4.39 Å². The summed E-state index contributed by atoms with van der Waals surface area (Å²) >= 11 is 0. The lowest BCUT2D eigenvalue weighted by Crippen LogP contribution is -2.48. The molecule has 1 spiro atoms. The van der Waals surface area contributed by atoms with E-state index in [0.29, 0.717) is 43.7 Å². The third-order valence-corrected chi connectivity index (χ3v) is 5.08. The molecule has 2 amide bonds. The van der Waals surface area contributed by atoms with E-state index in [2.05, 4.69) is 0 Å². The van der Waals surface area contributed by atoms with Gasteiger partial charge in [0.2, 0.25) is 5.91 Å². The Morgan fingerprint density at radius 3 is 2.84 bits per heavy atom. The van der Waals surface area contributed by atoms with Gasteiger partial charge in [-0.15, -0.1) is 0 Å². The van der Waals surface area contributed by atoms with Crippen LogP contribution >= 0.6 is 0 Å². The Morgan fingerprint density at radius 2 is 2.16 bits per heavy atom. The van der Waals surface area contributed by atoms with Gasteiger partial charge in [0.15, 0.2) is 5.72 Å². The SMILES string of the molecule is Cc1cc(F)ccc1C(=O)N1CC[C@@]23OCCN2C(=O)C[C@@H]13.O=CO. The Labute approximate surface area is 144 Å². The number of nitrogens with zero attached hydrogens (tertiary/aromatic N) is 2. The first-order chi connectivity index (χ1) is 11.9. The second kappa shape index (κ2) is 6.44. The fourth-order valence-electron chi connectivity index (χ4n) is 4.06. The molecule has 2 atom stereocenters. The van der Waals surface area contributed by atoms with Crippen LogP contribution in [0.3, 0.4) is 0 Å². The van der Waals surface area contributed by atoms with Gasteiger partial charge in [0.05, 0.1) is 19.1 Å². The zero-order valence-corrected chi connectivity index (χ0v) is 13.8. The van der Waals surface area contributed by atoms with Crippen molar-refractivity contribution in [1.29, 1.82) is 0 Å². The predicted octanol–water partition coefficient (Wildman–Crippen LogP) is 1.01. The van der Waals surface area contributed by atoms with E-state index in [0.717, 1.165) is 0 Å². The maximum atomic E-state index is 13.2. The summed E-state index contributed by atoms with van der Waals surface area (Å²) in [6.07, 6.45) is 0.960. The number of halogens is 1. The molecule has 0 saturated carbocycles. The lowest BCUT2D eigenvalue weighted by Gasteiger charge is -2.31. The second-order valence-corrected chi connectivity index (χ2v) is 6.27. The highest BCUT2D eigenvalue weighted by molar-refractivity contribution is 5.97. The highest BCUT2D eigenvalue weighted by Crippen LogP contribution is 2.46. The molecule has 1 aromatic carbocycles. The molecule has 4 rings (SSSR count). The number of hydrogen-bond donors (Lipinski definition) is 1. The summed E-state index contributed by atoms with van der Waals surface area (Å²) in [4.78, 5) is 36.8. The number of rotatable bonds is 1. The van der Waals surface area contributed by atoms with Crippen molar-refractivity contribution in [3.05, 3.63) is 35.1 Å². The van der Waals surface area contributed by atoms with Gasteiger partial charge in [-0.25, -0.2) is 4.39 Å². The molecule has 0 unspecified atom stereocenters. The Hall–Kier alpha value is -2.48. The minimum Gasteiger partial charge on any atom is -0.483 e. The topological polar surface area (TPSA) is 87.2 Å². The molecule has 3 fully saturated rings. The van der Waals surface area contributed by atoms with E-state index in [1.165, 1.54) is 18.2 Å². The average Bonchev–Trinajstić information content (AvgIpc) is 3.19. The molecule has 25 heavy (non-hydrogen) atoms. The van der Waals surface area contributed by atoms with Crippen molar-refractivity contribution in [2.45, 2.75) is 31.5 Å². The van der Waals surface area contributed by atoms with E-state index >= 15 is 0 Å². The van der Waals surface area contributed by atoms with Crippen molar-refractivity contribution in [1.82, 2.24) is 9.80 Å². The van der Waals surface area contributed by atoms with Crippen molar-refractivity contribution >= 4 is 18.3 Å². The summed E-state index contributed by atoms with van der Waals surface area (Å²) in [5.41, 5.74) is 0.475. The zero-order chi connectivity index (χ0) is 18.2. The zero-order valence-electron chi connectivity index (χ0n) is 13.8. The largest absolute Gasteiger partial charge is 0.483 e. The van der Waals surface area contributed by atoms with Crippen LogP contribution in [0.25, 0.3) is 0 Å². The monoisotopic (exact) mass is 350 g/mol. The van der Waals surface area contributed by atoms with Crippen LogP contribution < -0.4 is 0 Å². The highest BCUT2D eigenvalue weighted by atomic mass is 19.1. The number of carboxylic acid groups (broad SMARTS) is 1. The quantitative estimate of drug-likeness (QED) is 0.764. The van der Waals surface area contributed by atoms with Gasteiger partial charge < -0.3 is 19.6 Å². The van der Waals surface area contributed by atoms with E-state index in [4.69, 9.17) is 14.6 Å². The molecular formula is C17H19FN2O5. The lowest BCUT2D eigenvalue weighted by atomic mass is 10.0. The van der Waals surface area contributed by atoms with E-state index in [1.54, 1.807) is 16.7 Å². The molecule has 3 aliphatic heterocycles. The number of carbonyl (C=O) groups is 3. The van der Waals surface area contributed by atoms with Gasteiger partial charge in [-0.2, -0.15) is 0 Å². The predicted molar refractivity (Wildman–Crippen MR) is 84.3 cm³/mol. The first-order valence-corrected chi connectivity index (χ1v) is 8.04. The number of amides is 2. The minimum absolute atomic E-state index is 0.0517. The highest BCUT2D eigenvalue weighted by Gasteiger charge is 2.62. The molecule has 8 heteroatoms. The molecule has 0 radical (unpaired) electrons. The fraction of sp³-hybridized carbons (Fsp3) is 0.471. The number of carbonyl (C=O) groups excluding carboxylic acids is 2. The van der Waals surface area contributed by atoms with Crippen LogP contribution in [0, 0.1) is 12.7 Å². The van der Waals surface area contributed by atoms with E-state index in [9.17, 15) is 14.0 Å². The van der Waals surface area contributed by atoms with Gasteiger partial charge in [-0.1, -0.05) is 0 Å². The Balaban J connectivity index is 0.000000569. The summed E-state index contributed by atoms with van der Waals surface area (Å²) in [7, 11) is 0. The van der Waals surface area contributed by atoms with E-state index < -0.39 is 5.72 Å². The first-order valence-electron chi connectivity index (χ1n) is 8.04. The molecule has 1 N–H and O–H groups in total. The molecule has 3 saturated heterocycles. The second-order valence-electron chi connectivity index (χ2n) is 6.27. The lowest BCUT2D eigenvalue weighted by molar-refractivity contribution is -0.136. The third-order valence-electron chi connectivity index (χ3n) is 5.08. The van der Waals surface area contributed by atoms with Crippen molar-refractivity contribution in [3.8, 4) is 0 Å². The normalized spacial score (nSPS) is 26.8. The molecule has 3 heterocycles. The number of benzene rings is 1. The molecule has 0 aliphatic carbocycles. The molecule has 134 valence electrons. The molecule has 0 bridgehead atoms. The van der Waals surface area contributed by atoms with E-state index in [-0.39, 0.29) is 30.1 Å². The number of likely N-dealkylation sites (tertiary alicyclic amines) is 1. The molecule has 7 nitrogen and oxygen atoms in total. The van der Waals surface area contributed by atoms with Crippen LogP contribution in [0.1, 0.15) is 28.8 Å². The maximum absolute atomic E-state index is 13.2. The molecule has 3 aliphatic rings. The van der Waals surface area contributed by atoms with Crippen molar-refractivity contribution in [2.75, 3.05) is 19.7 Å². The Bertz CT molecular complexity index is 725. The first kappa shape index (κ1) is 17.3. The molecular weight excluding hydrogens is 331 g/mol. The minimum atomic E-state index is -0.624. The summed E-state index contributed by atoms with van der Waals surface area (Å²) < 4.78 is 19.1.